The molecule has 0 aliphatic carbocycles. The SMILES string of the molecule is Cc1nnc(SCC2=C(C(=O)O)N3C(=O)C(NC(=O)C(c4ccc(O)cc4)N(C(N)=O)c4cnc(Nc5ccc(N(C)C)cc5)[nH]c4=O)[C@@H]3SC2)o1. The number of phenolic OH excluding ortho intramolecular Hbond substituents is 1. The maximum atomic E-state index is 14.1. The third-order valence-electron chi connectivity index (χ3n) is 8.06. The fraction of sp³-hybridized carbons (Fsp3) is 0.250. The normalized spacial score (nSPS) is 17.1. The van der Waals surface area contributed by atoms with Crippen LogP contribution in [0.15, 0.2) is 80.4 Å². The van der Waals surface area contributed by atoms with E-state index in [4.69, 9.17) is 10.2 Å². The number of aromatic hydroxyl groups is 1. The van der Waals surface area contributed by atoms with Crippen LogP contribution in [0.2, 0.25) is 0 Å². The van der Waals surface area contributed by atoms with Gasteiger partial charge in [-0.2, -0.15) is 0 Å². The molecule has 20 heteroatoms. The molecule has 2 aliphatic rings. The van der Waals surface area contributed by atoms with Crippen LogP contribution in [0.5, 0.6) is 5.75 Å². The van der Waals surface area contributed by atoms with Crippen molar-refractivity contribution < 1.29 is 33.8 Å². The number of H-pyrrole nitrogens is 1. The van der Waals surface area contributed by atoms with Crippen LogP contribution in [0.1, 0.15) is 17.5 Å². The molecule has 4 heterocycles. The Morgan fingerprint density at radius 3 is 2.44 bits per heavy atom. The van der Waals surface area contributed by atoms with E-state index in [-0.39, 0.29) is 45.4 Å². The molecule has 6 rings (SSSR count). The molecule has 3 atom stereocenters. The van der Waals surface area contributed by atoms with Crippen LogP contribution >= 0.6 is 23.5 Å². The number of hydrogen-bond donors (Lipinski definition) is 6. The van der Waals surface area contributed by atoms with E-state index >= 15 is 0 Å². The third kappa shape index (κ3) is 7.23. The lowest BCUT2D eigenvalue weighted by atomic mass is 10.00. The van der Waals surface area contributed by atoms with Crippen LogP contribution in [0.4, 0.5) is 27.8 Å². The van der Waals surface area contributed by atoms with Gasteiger partial charge in [0.05, 0.1) is 6.20 Å². The zero-order valence-corrected chi connectivity index (χ0v) is 29.4. The van der Waals surface area contributed by atoms with Crippen LogP contribution < -0.4 is 31.7 Å². The van der Waals surface area contributed by atoms with Crippen molar-refractivity contribution in [3.05, 3.63) is 87.8 Å². The Labute approximate surface area is 303 Å². The van der Waals surface area contributed by atoms with E-state index in [1.54, 1.807) is 19.1 Å². The van der Waals surface area contributed by atoms with Crippen molar-refractivity contribution in [1.29, 1.82) is 0 Å². The van der Waals surface area contributed by atoms with Gasteiger partial charge < -0.3 is 35.9 Å². The highest BCUT2D eigenvalue weighted by Gasteiger charge is 2.55. The molecule has 0 bridgehead atoms. The van der Waals surface area contributed by atoms with Crippen LogP contribution in [-0.4, -0.2) is 96.1 Å². The Balaban J connectivity index is 1.25. The summed E-state index contributed by atoms with van der Waals surface area (Å²) in [5, 5.41) is 32.7. The number of nitrogens with one attached hydrogen (secondary N) is 3. The highest BCUT2D eigenvalue weighted by atomic mass is 32.2. The van der Waals surface area contributed by atoms with Crippen molar-refractivity contribution in [2.45, 2.75) is 29.6 Å². The van der Waals surface area contributed by atoms with Gasteiger partial charge >= 0.3 is 12.0 Å². The van der Waals surface area contributed by atoms with E-state index < -0.39 is 46.8 Å². The van der Waals surface area contributed by atoms with Crippen LogP contribution in [0.25, 0.3) is 0 Å². The number of fused-ring (bicyclic) bond motifs is 1. The summed E-state index contributed by atoms with van der Waals surface area (Å²) < 4.78 is 5.35. The van der Waals surface area contributed by atoms with Gasteiger partial charge in [0.15, 0.2) is 0 Å². The second-order valence-electron chi connectivity index (χ2n) is 11.7. The number of amides is 4. The molecule has 2 aromatic heterocycles. The number of nitrogens with two attached hydrogens (primary N) is 1. The molecule has 52 heavy (non-hydrogen) atoms. The van der Waals surface area contributed by atoms with Gasteiger partial charge in [-0.3, -0.25) is 29.2 Å². The lowest BCUT2D eigenvalue weighted by molar-refractivity contribution is -0.150. The van der Waals surface area contributed by atoms with E-state index in [0.717, 1.165) is 33.4 Å². The van der Waals surface area contributed by atoms with Crippen molar-refractivity contribution in [3.63, 3.8) is 0 Å². The van der Waals surface area contributed by atoms with E-state index in [1.807, 2.05) is 31.1 Å². The van der Waals surface area contributed by atoms with E-state index in [1.165, 1.54) is 36.0 Å². The molecule has 1 fully saturated rings. The number of carbonyl (C=O) groups is 4. The summed E-state index contributed by atoms with van der Waals surface area (Å²) in [6.45, 7) is 1.62. The Kier molecular flexibility index (Phi) is 10.1. The number of carboxylic acids is 1. The average molecular weight is 749 g/mol. The van der Waals surface area contributed by atoms with Crippen LogP contribution in [-0.2, 0) is 14.4 Å². The first-order chi connectivity index (χ1) is 24.8. The molecule has 4 amide bonds. The highest BCUT2D eigenvalue weighted by Crippen LogP contribution is 2.42. The lowest BCUT2D eigenvalue weighted by Crippen LogP contribution is -2.71. The number of primary amides is 1. The molecule has 18 nitrogen and oxygen atoms in total. The molecule has 2 aromatic carbocycles. The van der Waals surface area contributed by atoms with Crippen molar-refractivity contribution in [3.8, 4) is 5.75 Å². The molecule has 7 N–H and O–H groups in total. The van der Waals surface area contributed by atoms with Gasteiger partial charge in [0, 0.05) is 43.9 Å². The van der Waals surface area contributed by atoms with Crippen LogP contribution in [0.3, 0.4) is 0 Å². The molecule has 0 radical (unpaired) electrons. The number of thioether (sulfide) groups is 2. The van der Waals surface area contributed by atoms with Crippen LogP contribution in [0, 0.1) is 6.92 Å². The largest absolute Gasteiger partial charge is 0.508 e. The smallest absolute Gasteiger partial charge is 0.352 e. The zero-order chi connectivity index (χ0) is 37.3. The summed E-state index contributed by atoms with van der Waals surface area (Å²) in [6.07, 6.45) is 1.08. The molecule has 270 valence electrons. The highest BCUT2D eigenvalue weighted by molar-refractivity contribution is 8.01. The number of β-lactam (4-membered cyclic amide) rings is 1. The summed E-state index contributed by atoms with van der Waals surface area (Å²) in [4.78, 5) is 76.9. The Morgan fingerprint density at radius 1 is 1.13 bits per heavy atom. The first-order valence-electron chi connectivity index (χ1n) is 15.5. The minimum atomic E-state index is -1.62. The number of aromatic nitrogens is 4. The average Bonchev–Trinajstić information content (AvgIpc) is 3.53. The molecule has 0 spiro atoms. The van der Waals surface area contributed by atoms with E-state index in [9.17, 15) is 34.2 Å². The second kappa shape index (κ2) is 14.7. The molecule has 4 aromatic rings. The van der Waals surface area contributed by atoms with Gasteiger partial charge in [-0.05, 0) is 47.5 Å². The number of rotatable bonds is 12. The number of nitrogens with zero attached hydrogens (tertiary/aromatic N) is 6. The quantitative estimate of drug-likeness (QED) is 0.0897. The van der Waals surface area contributed by atoms with Gasteiger partial charge in [-0.1, -0.05) is 23.9 Å². The van der Waals surface area contributed by atoms with Crippen molar-refractivity contribution in [2.24, 2.45) is 5.73 Å². The molecule has 2 unspecified atom stereocenters. The zero-order valence-electron chi connectivity index (χ0n) is 27.8. The fourth-order valence-corrected chi connectivity index (χ4v) is 7.86. The maximum absolute atomic E-state index is 14.1. The van der Waals surface area contributed by atoms with Gasteiger partial charge in [0.2, 0.25) is 17.7 Å². The Hall–Kier alpha value is -6.02. The number of carbonyl (C=O) groups excluding carboxylic acids is 3. The number of aromatic amines is 1. The Bertz CT molecular complexity index is 2120. The molecule has 1 saturated heterocycles. The maximum Gasteiger partial charge on any atom is 0.352 e. The second-order valence-corrected chi connectivity index (χ2v) is 13.8. The molecule has 0 saturated carbocycles. The van der Waals surface area contributed by atoms with Crippen molar-refractivity contribution in [2.75, 3.05) is 40.7 Å². The van der Waals surface area contributed by atoms with Crippen molar-refractivity contribution in [1.82, 2.24) is 30.4 Å². The number of urea groups is 1. The summed E-state index contributed by atoms with van der Waals surface area (Å²) in [6, 6.07) is 8.55. The van der Waals surface area contributed by atoms with Gasteiger partial charge in [-0.15, -0.1) is 22.0 Å². The Morgan fingerprint density at radius 2 is 1.85 bits per heavy atom. The summed E-state index contributed by atoms with van der Waals surface area (Å²) >= 11 is 2.37. The number of aliphatic carboxylic acids is 1. The number of phenols is 1. The first-order valence-corrected chi connectivity index (χ1v) is 17.5. The minimum Gasteiger partial charge on any atom is -0.508 e. The van der Waals surface area contributed by atoms with Gasteiger partial charge in [0.1, 0.15) is 34.6 Å². The van der Waals surface area contributed by atoms with Crippen molar-refractivity contribution >= 4 is 70.3 Å². The molecule has 2 aliphatic heterocycles. The molecular formula is C32H32N10O8S2. The number of aryl methyl sites for hydroxylation is 1. The van der Waals surface area contributed by atoms with E-state index in [0.29, 0.717) is 17.2 Å². The summed E-state index contributed by atoms with van der Waals surface area (Å²) in [7, 11) is 3.79. The van der Waals surface area contributed by atoms with Gasteiger partial charge in [-0.25, -0.2) is 14.6 Å². The van der Waals surface area contributed by atoms with Gasteiger partial charge in [0.25, 0.3) is 16.7 Å². The number of carboxylic acid groups (broad SMARTS) is 1. The summed E-state index contributed by atoms with van der Waals surface area (Å²) in [5.41, 5.74) is 6.53. The number of hydrogen-bond acceptors (Lipinski definition) is 14. The monoisotopic (exact) mass is 748 g/mol. The predicted molar refractivity (Wildman–Crippen MR) is 191 cm³/mol. The fourth-order valence-electron chi connectivity index (χ4n) is 5.57. The third-order valence-corrected chi connectivity index (χ3v) is 10.3. The topological polar surface area (TPSA) is 253 Å². The minimum absolute atomic E-state index is 0.0446. The molecular weight excluding hydrogens is 717 g/mol. The lowest BCUT2D eigenvalue weighted by Gasteiger charge is -2.49. The summed E-state index contributed by atoms with van der Waals surface area (Å²) in [5.74, 6) is -2.27. The standard InChI is InChI=1S/C32H32N10O8S2/c1-15-38-39-32(50-15)52-14-17-13-51-28-22(27(46)42(28)24(17)29(47)48)36-26(45)23(16-4-10-20(43)11-5-16)41(30(33)49)21-12-34-31(37-25(21)44)35-18-6-8-19(9-7-18)40(2)3/h4-12,22-23,28,43H,13-14H2,1-3H3,(H2,33,49)(H,36,45)(H,47,48)(H2,34,35,37,44)/t22?,23?,28-/m0/s1. The number of anilines is 4. The first kappa shape index (κ1) is 35.8. The number of benzene rings is 2. The predicted octanol–water partition coefficient (Wildman–Crippen LogP) is 2.13. The van der Waals surface area contributed by atoms with E-state index in [2.05, 4.69) is 30.8 Å².